The fourth-order valence-corrected chi connectivity index (χ4v) is 7.43. The van der Waals surface area contributed by atoms with E-state index in [1.54, 1.807) is 50.2 Å². The van der Waals surface area contributed by atoms with E-state index in [9.17, 15) is 28.8 Å². The Kier molecular flexibility index (Phi) is 20.0. The minimum Gasteiger partial charge on any atom is -0.492 e. The van der Waals surface area contributed by atoms with E-state index < -0.39 is 47.3 Å². The van der Waals surface area contributed by atoms with Crippen LogP contribution in [0.1, 0.15) is 65.1 Å². The quantitative estimate of drug-likeness (QED) is 0.0296. The Morgan fingerprint density at radius 3 is 1.45 bits per heavy atom. The summed E-state index contributed by atoms with van der Waals surface area (Å²) >= 11 is 31.3. The van der Waals surface area contributed by atoms with Crippen LogP contribution in [0, 0.1) is 0 Å². The first-order valence-corrected chi connectivity index (χ1v) is 23.4. The Morgan fingerprint density at radius 1 is 0.565 bits per heavy atom. The maximum atomic E-state index is 13.6. The zero-order valence-electron chi connectivity index (χ0n) is 37.5. The van der Waals surface area contributed by atoms with E-state index in [2.05, 4.69) is 41.7 Å². The molecule has 0 aliphatic carbocycles. The number of amides is 4. The van der Waals surface area contributed by atoms with Crippen LogP contribution in [0.3, 0.4) is 0 Å². The Bertz CT molecular complexity index is 2810. The molecule has 0 saturated carbocycles. The molecule has 0 aromatic heterocycles. The summed E-state index contributed by atoms with van der Waals surface area (Å²) in [4.78, 5) is 79.3. The highest BCUT2D eigenvalue weighted by atomic mass is 35.5. The number of carbonyl (C=O) groups excluding carboxylic acids is 6. The van der Waals surface area contributed by atoms with E-state index >= 15 is 0 Å². The summed E-state index contributed by atoms with van der Waals surface area (Å²) in [6.45, 7) is 6.63. The molecule has 360 valence electrons. The molecule has 0 spiro atoms. The van der Waals surface area contributed by atoms with E-state index in [0.29, 0.717) is 41.7 Å². The number of nitrogens with one attached hydrogen (secondary N) is 4. The average molecular weight is 1040 g/mol. The molecule has 0 aliphatic rings. The zero-order valence-corrected chi connectivity index (χ0v) is 41.3. The standard InChI is InChI=1S/C48H45Cl5N8O8/c1-5-68-39-17-13-28(24-50)21-37(39)56-45(64)32-9-7-11-35(41(32)52)58-60-43(26(3)62)47(66)54-31-15-16-34(30(23-31)19-20-49)55-48(67)44(27(4)63)61-59-36-12-8-10-33(42(36)53)46(65)57-38-22-29(25-51)14-18-40(38)69-6-2/h7-18,21-23,43-44H,5-6,19-20,24-25H2,1-4H3,(H,54,66)(H,55,67)(H,56,64)(H,57,65). The van der Waals surface area contributed by atoms with Gasteiger partial charge in [-0.2, -0.15) is 20.5 Å². The smallest absolute Gasteiger partial charge is 0.258 e. The number of hydrogen-bond acceptors (Lipinski definition) is 12. The van der Waals surface area contributed by atoms with Gasteiger partial charge in [-0.3, -0.25) is 28.8 Å². The number of alkyl halides is 3. The van der Waals surface area contributed by atoms with Gasteiger partial charge in [-0.1, -0.05) is 47.5 Å². The number of benzene rings is 5. The summed E-state index contributed by atoms with van der Waals surface area (Å²) in [6, 6.07) is 20.3. The van der Waals surface area contributed by atoms with Crippen LogP contribution >= 0.6 is 58.0 Å². The first-order valence-electron chi connectivity index (χ1n) is 21.1. The number of Topliss-reactive ketones (excluding diaryl/α,β-unsaturated/α-hetero) is 2. The van der Waals surface area contributed by atoms with Crippen LogP contribution in [0.5, 0.6) is 11.5 Å². The first-order chi connectivity index (χ1) is 33.1. The summed E-state index contributed by atoms with van der Waals surface area (Å²) in [7, 11) is 0. The van der Waals surface area contributed by atoms with Crippen LogP contribution in [0.4, 0.5) is 34.1 Å². The number of anilines is 4. The number of ether oxygens (including phenoxy) is 2. The van der Waals surface area contributed by atoms with Crippen LogP contribution in [-0.2, 0) is 37.4 Å². The molecule has 2 unspecified atom stereocenters. The van der Waals surface area contributed by atoms with Gasteiger partial charge in [0.05, 0.1) is 45.8 Å². The normalized spacial score (nSPS) is 12.0. The summed E-state index contributed by atoms with van der Waals surface area (Å²) in [5, 5.41) is 26.8. The molecule has 5 aromatic carbocycles. The maximum Gasteiger partial charge on any atom is 0.258 e. The minimum atomic E-state index is -1.64. The van der Waals surface area contributed by atoms with Gasteiger partial charge in [0.15, 0.2) is 11.6 Å². The second-order valence-corrected chi connectivity index (χ2v) is 16.4. The second-order valence-electron chi connectivity index (χ2n) is 14.7. The number of hydrogen-bond donors (Lipinski definition) is 4. The molecule has 21 heteroatoms. The average Bonchev–Trinajstić information content (AvgIpc) is 3.32. The highest BCUT2D eigenvalue weighted by molar-refractivity contribution is 6.37. The van der Waals surface area contributed by atoms with Gasteiger partial charge in [-0.25, -0.2) is 0 Å². The topological polar surface area (TPSA) is 218 Å². The first kappa shape index (κ1) is 53.5. The Hall–Kier alpha value is -6.43. The summed E-state index contributed by atoms with van der Waals surface area (Å²) in [5.41, 5.74) is 3.23. The number of nitrogens with zero attached hydrogens (tertiary/aromatic N) is 4. The third-order valence-electron chi connectivity index (χ3n) is 9.76. The molecule has 2 atom stereocenters. The summed E-state index contributed by atoms with van der Waals surface area (Å²) in [6.07, 6.45) is 0.198. The molecule has 0 heterocycles. The maximum absolute atomic E-state index is 13.6. The molecule has 5 rings (SSSR count). The number of carbonyl (C=O) groups is 6. The molecule has 4 amide bonds. The van der Waals surface area contributed by atoms with Crippen molar-refractivity contribution in [2.45, 2.75) is 58.0 Å². The number of aryl methyl sites for hydroxylation is 1. The fraction of sp³-hybridized carbons (Fsp3) is 0.250. The molecule has 5 aromatic rings. The largest absolute Gasteiger partial charge is 0.492 e. The van der Waals surface area contributed by atoms with Crippen molar-refractivity contribution in [1.29, 1.82) is 0 Å². The van der Waals surface area contributed by atoms with Crippen molar-refractivity contribution in [1.82, 2.24) is 0 Å². The monoisotopic (exact) mass is 1040 g/mol. The van der Waals surface area contributed by atoms with Gasteiger partial charge in [-0.05, 0) is 118 Å². The Labute approximate surface area is 422 Å². The van der Waals surface area contributed by atoms with Crippen LogP contribution in [0.25, 0.3) is 0 Å². The van der Waals surface area contributed by atoms with E-state index in [4.69, 9.17) is 67.5 Å². The number of ketones is 2. The number of halogens is 5. The molecular weight excluding hydrogens is 994 g/mol. The molecule has 0 fully saturated rings. The molecule has 0 aliphatic heterocycles. The van der Waals surface area contributed by atoms with Crippen molar-refractivity contribution in [2.75, 3.05) is 40.4 Å². The molecular formula is C48H45Cl5N8O8. The molecule has 0 saturated heterocycles. The van der Waals surface area contributed by atoms with Gasteiger partial charge in [0.1, 0.15) is 22.9 Å². The van der Waals surface area contributed by atoms with Crippen LogP contribution < -0.4 is 30.7 Å². The lowest BCUT2D eigenvalue weighted by atomic mass is 10.1. The van der Waals surface area contributed by atoms with E-state index in [-0.39, 0.29) is 68.0 Å². The predicted octanol–water partition coefficient (Wildman–Crippen LogP) is 11.9. The van der Waals surface area contributed by atoms with E-state index in [0.717, 1.165) is 25.0 Å². The summed E-state index contributed by atoms with van der Waals surface area (Å²) < 4.78 is 11.3. The van der Waals surface area contributed by atoms with Gasteiger partial charge >= 0.3 is 0 Å². The lowest BCUT2D eigenvalue weighted by Gasteiger charge is -2.16. The van der Waals surface area contributed by atoms with Gasteiger partial charge in [0.2, 0.25) is 12.1 Å². The van der Waals surface area contributed by atoms with Gasteiger partial charge in [-0.15, -0.1) is 34.8 Å². The van der Waals surface area contributed by atoms with Crippen molar-refractivity contribution in [2.24, 2.45) is 20.5 Å². The molecule has 0 bridgehead atoms. The second kappa shape index (κ2) is 25.8. The Morgan fingerprint density at radius 2 is 1.03 bits per heavy atom. The van der Waals surface area contributed by atoms with Crippen molar-refractivity contribution in [3.63, 3.8) is 0 Å². The zero-order chi connectivity index (χ0) is 50.2. The van der Waals surface area contributed by atoms with Crippen molar-refractivity contribution in [3.05, 3.63) is 129 Å². The predicted molar refractivity (Wildman–Crippen MR) is 269 cm³/mol. The highest BCUT2D eigenvalue weighted by Gasteiger charge is 2.27. The minimum absolute atomic E-state index is 0.00981. The van der Waals surface area contributed by atoms with Crippen molar-refractivity contribution in [3.8, 4) is 11.5 Å². The lowest BCUT2D eigenvalue weighted by molar-refractivity contribution is -0.127. The van der Waals surface area contributed by atoms with Gasteiger partial charge in [0, 0.05) is 29.0 Å². The number of azo groups is 2. The van der Waals surface area contributed by atoms with Gasteiger partial charge in [0.25, 0.3) is 23.6 Å². The van der Waals surface area contributed by atoms with Gasteiger partial charge < -0.3 is 30.7 Å². The van der Waals surface area contributed by atoms with Crippen LogP contribution in [0.15, 0.2) is 111 Å². The van der Waals surface area contributed by atoms with Crippen LogP contribution in [-0.4, -0.2) is 66.4 Å². The molecule has 69 heavy (non-hydrogen) atoms. The fourth-order valence-electron chi connectivity index (χ4n) is 6.39. The van der Waals surface area contributed by atoms with E-state index in [1.165, 1.54) is 54.6 Å². The van der Waals surface area contributed by atoms with Crippen molar-refractivity contribution >= 4 is 127 Å². The van der Waals surface area contributed by atoms with Crippen LogP contribution in [0.2, 0.25) is 10.0 Å². The molecule has 0 radical (unpaired) electrons. The SMILES string of the molecule is CCOc1ccc(CCl)cc1NC(=O)c1cccc(N=NC(C(C)=O)C(=O)Nc2ccc(NC(=O)C(N=Nc3cccc(C(=O)Nc4cc(CCl)ccc4OCC)c3Cl)C(C)=O)c(CCCl)c2)c1Cl. The summed E-state index contributed by atoms with van der Waals surface area (Å²) in [5.74, 6) is -2.82. The third kappa shape index (κ3) is 14.3. The molecule has 16 nitrogen and oxygen atoms in total. The van der Waals surface area contributed by atoms with Crippen molar-refractivity contribution < 1.29 is 38.2 Å². The third-order valence-corrected chi connectivity index (χ3v) is 11.4. The highest BCUT2D eigenvalue weighted by Crippen LogP contribution is 2.34. The number of rotatable bonds is 22. The Balaban J connectivity index is 1.29. The lowest BCUT2D eigenvalue weighted by Crippen LogP contribution is -2.32. The molecule has 4 N–H and O–H groups in total. The van der Waals surface area contributed by atoms with E-state index in [1.807, 2.05) is 0 Å².